The maximum Gasteiger partial charge on any atom is 0.327 e. The average Bonchev–Trinajstić information content (AvgIpc) is 3.38. The minimum absolute atomic E-state index is 0.0446. The smallest absolute Gasteiger partial charge is 0.327 e. The van der Waals surface area contributed by atoms with E-state index in [1.807, 2.05) is 35.2 Å². The van der Waals surface area contributed by atoms with Crippen LogP contribution < -0.4 is 0 Å². The van der Waals surface area contributed by atoms with Crippen molar-refractivity contribution in [3.05, 3.63) is 35.9 Å². The molecule has 1 aliphatic carbocycles. The highest BCUT2D eigenvalue weighted by molar-refractivity contribution is 6.04. The van der Waals surface area contributed by atoms with E-state index in [0.717, 1.165) is 23.3 Å². The maximum absolute atomic E-state index is 12.8. The summed E-state index contributed by atoms with van der Waals surface area (Å²) in [4.78, 5) is 41.0. The highest BCUT2D eigenvalue weighted by atomic mass is 16.2. The van der Waals surface area contributed by atoms with Crippen LogP contribution in [0.4, 0.5) is 4.79 Å². The molecule has 0 spiro atoms. The standard InChI is InChI=1S/C18H23N3O3/c1-13(15-8-9-15)20(10-14-6-4-3-5-7-14)17(23)12-21-16(22)11-19(2)18(21)24/h3-7,13,15H,8-12H2,1-2H3. The van der Waals surface area contributed by atoms with Crippen molar-refractivity contribution in [1.29, 1.82) is 0 Å². The van der Waals surface area contributed by atoms with Gasteiger partial charge in [0, 0.05) is 19.6 Å². The van der Waals surface area contributed by atoms with E-state index in [1.54, 1.807) is 7.05 Å². The fourth-order valence-electron chi connectivity index (χ4n) is 3.12. The minimum Gasteiger partial charge on any atom is -0.334 e. The lowest BCUT2D eigenvalue weighted by molar-refractivity contribution is -0.138. The molecular formula is C18H23N3O3. The summed E-state index contributed by atoms with van der Waals surface area (Å²) in [7, 11) is 1.57. The Balaban J connectivity index is 1.73. The Morgan fingerprint density at radius 3 is 2.46 bits per heavy atom. The first kappa shape index (κ1) is 16.5. The van der Waals surface area contributed by atoms with Gasteiger partial charge in [0.05, 0.1) is 0 Å². The average molecular weight is 329 g/mol. The number of carbonyl (C=O) groups excluding carboxylic acids is 3. The van der Waals surface area contributed by atoms with Gasteiger partial charge in [-0.05, 0) is 31.2 Å². The second-order valence-electron chi connectivity index (χ2n) is 6.70. The largest absolute Gasteiger partial charge is 0.334 e. The quantitative estimate of drug-likeness (QED) is 0.747. The van der Waals surface area contributed by atoms with Gasteiger partial charge in [0.25, 0.3) is 5.91 Å². The molecule has 6 heteroatoms. The molecule has 4 amide bonds. The van der Waals surface area contributed by atoms with Crippen molar-refractivity contribution in [2.45, 2.75) is 32.4 Å². The Morgan fingerprint density at radius 2 is 1.92 bits per heavy atom. The summed E-state index contributed by atoms with van der Waals surface area (Å²) in [5, 5.41) is 0. The van der Waals surface area contributed by atoms with Crippen LogP contribution in [0.1, 0.15) is 25.3 Å². The van der Waals surface area contributed by atoms with E-state index in [1.165, 1.54) is 4.90 Å². The molecule has 128 valence electrons. The minimum atomic E-state index is -0.396. The Bertz CT molecular complexity index is 642. The number of carbonyl (C=O) groups is 3. The van der Waals surface area contributed by atoms with Crippen LogP contribution >= 0.6 is 0 Å². The van der Waals surface area contributed by atoms with E-state index >= 15 is 0 Å². The summed E-state index contributed by atoms with van der Waals surface area (Å²) in [6.07, 6.45) is 2.26. The summed E-state index contributed by atoms with van der Waals surface area (Å²) >= 11 is 0. The number of urea groups is 1. The van der Waals surface area contributed by atoms with E-state index in [4.69, 9.17) is 0 Å². The molecule has 1 atom stereocenters. The fraction of sp³-hybridized carbons (Fsp3) is 0.500. The molecule has 2 fully saturated rings. The number of amides is 4. The van der Waals surface area contributed by atoms with Crippen molar-refractivity contribution in [2.75, 3.05) is 20.1 Å². The van der Waals surface area contributed by atoms with Gasteiger partial charge in [-0.1, -0.05) is 30.3 Å². The van der Waals surface area contributed by atoms with Gasteiger partial charge < -0.3 is 9.80 Å². The summed E-state index contributed by atoms with van der Waals surface area (Å²) in [5.74, 6) is 0.0372. The van der Waals surface area contributed by atoms with Crippen LogP contribution in [0.25, 0.3) is 0 Å². The molecule has 0 bridgehead atoms. The highest BCUT2D eigenvalue weighted by Crippen LogP contribution is 2.35. The molecule has 1 unspecified atom stereocenters. The highest BCUT2D eigenvalue weighted by Gasteiger charge is 2.38. The van der Waals surface area contributed by atoms with Crippen LogP contribution in [-0.2, 0) is 16.1 Å². The van der Waals surface area contributed by atoms with Crippen molar-refractivity contribution in [1.82, 2.24) is 14.7 Å². The Kier molecular flexibility index (Phi) is 4.55. The molecule has 2 aliphatic rings. The third-order valence-electron chi connectivity index (χ3n) is 4.84. The summed E-state index contributed by atoms with van der Waals surface area (Å²) in [6.45, 7) is 2.43. The first-order valence-corrected chi connectivity index (χ1v) is 8.36. The number of benzene rings is 1. The molecule has 1 heterocycles. The van der Waals surface area contributed by atoms with Crippen LogP contribution in [0.3, 0.4) is 0 Å². The number of hydrogen-bond acceptors (Lipinski definition) is 3. The number of imide groups is 1. The lowest BCUT2D eigenvalue weighted by Crippen LogP contribution is -2.46. The second kappa shape index (κ2) is 6.63. The van der Waals surface area contributed by atoms with Crippen LogP contribution in [0.15, 0.2) is 30.3 Å². The first-order chi connectivity index (χ1) is 11.5. The van der Waals surface area contributed by atoms with Crippen molar-refractivity contribution in [3.8, 4) is 0 Å². The SMILES string of the molecule is CC(C1CC1)N(Cc1ccccc1)C(=O)CN1C(=O)CN(C)C1=O. The van der Waals surface area contributed by atoms with E-state index in [-0.39, 0.29) is 30.9 Å². The Labute approximate surface area is 142 Å². The Hall–Kier alpha value is -2.37. The molecular weight excluding hydrogens is 306 g/mol. The molecule has 1 aromatic rings. The third-order valence-corrected chi connectivity index (χ3v) is 4.84. The second-order valence-corrected chi connectivity index (χ2v) is 6.70. The number of nitrogens with zero attached hydrogens (tertiary/aromatic N) is 3. The van der Waals surface area contributed by atoms with Crippen molar-refractivity contribution >= 4 is 17.8 Å². The zero-order valence-corrected chi connectivity index (χ0v) is 14.1. The van der Waals surface area contributed by atoms with E-state index in [9.17, 15) is 14.4 Å². The lowest BCUT2D eigenvalue weighted by atomic mass is 10.1. The fourth-order valence-corrected chi connectivity index (χ4v) is 3.12. The summed E-state index contributed by atoms with van der Waals surface area (Å²) in [5.41, 5.74) is 1.05. The number of hydrogen-bond donors (Lipinski definition) is 0. The zero-order chi connectivity index (χ0) is 17.3. The van der Waals surface area contributed by atoms with Crippen LogP contribution in [0.5, 0.6) is 0 Å². The van der Waals surface area contributed by atoms with Crippen LogP contribution in [0.2, 0.25) is 0 Å². The van der Waals surface area contributed by atoms with E-state index in [2.05, 4.69) is 6.92 Å². The Morgan fingerprint density at radius 1 is 1.25 bits per heavy atom. The monoisotopic (exact) mass is 329 g/mol. The van der Waals surface area contributed by atoms with Gasteiger partial charge >= 0.3 is 6.03 Å². The third kappa shape index (κ3) is 3.42. The molecule has 1 aromatic carbocycles. The molecule has 1 aliphatic heterocycles. The topological polar surface area (TPSA) is 60.9 Å². The van der Waals surface area contributed by atoms with Gasteiger partial charge in [0.2, 0.25) is 5.91 Å². The molecule has 6 nitrogen and oxygen atoms in total. The predicted molar refractivity (Wildman–Crippen MR) is 88.9 cm³/mol. The van der Waals surface area contributed by atoms with Crippen molar-refractivity contribution in [2.24, 2.45) is 5.92 Å². The zero-order valence-electron chi connectivity index (χ0n) is 14.1. The summed E-state index contributed by atoms with van der Waals surface area (Å²) in [6, 6.07) is 9.53. The van der Waals surface area contributed by atoms with Crippen molar-refractivity contribution < 1.29 is 14.4 Å². The van der Waals surface area contributed by atoms with Crippen LogP contribution in [0, 0.1) is 5.92 Å². The van der Waals surface area contributed by atoms with Gasteiger partial charge in [-0.15, -0.1) is 0 Å². The van der Waals surface area contributed by atoms with E-state index < -0.39 is 6.03 Å². The molecule has 24 heavy (non-hydrogen) atoms. The molecule has 0 N–H and O–H groups in total. The number of likely N-dealkylation sites (N-methyl/N-ethyl adjacent to an activating group) is 1. The molecule has 1 saturated carbocycles. The molecule has 0 radical (unpaired) electrons. The van der Waals surface area contributed by atoms with Crippen molar-refractivity contribution in [3.63, 3.8) is 0 Å². The van der Waals surface area contributed by atoms with Gasteiger partial charge in [-0.2, -0.15) is 0 Å². The van der Waals surface area contributed by atoms with Gasteiger partial charge in [0.15, 0.2) is 0 Å². The van der Waals surface area contributed by atoms with Gasteiger partial charge in [0.1, 0.15) is 13.1 Å². The normalized spacial score (nSPS) is 18.9. The summed E-state index contributed by atoms with van der Waals surface area (Å²) < 4.78 is 0. The molecule has 0 aromatic heterocycles. The van der Waals surface area contributed by atoms with Crippen LogP contribution in [-0.4, -0.2) is 58.7 Å². The molecule has 3 rings (SSSR count). The number of rotatable bonds is 6. The first-order valence-electron chi connectivity index (χ1n) is 8.36. The molecule has 1 saturated heterocycles. The van der Waals surface area contributed by atoms with E-state index in [0.29, 0.717) is 12.5 Å². The predicted octanol–water partition coefficient (Wildman–Crippen LogP) is 1.71. The maximum atomic E-state index is 12.8. The van der Waals surface area contributed by atoms with Gasteiger partial charge in [-0.3, -0.25) is 14.5 Å². The van der Waals surface area contributed by atoms with Gasteiger partial charge in [-0.25, -0.2) is 4.79 Å². The lowest BCUT2D eigenvalue weighted by Gasteiger charge is -2.31.